The molecular weight excluding hydrogens is 1190 g/mol. The maximum absolute atomic E-state index is 14.5. The predicted molar refractivity (Wildman–Crippen MR) is 380 cm³/mol. The summed E-state index contributed by atoms with van der Waals surface area (Å²) in [6, 6.07) is -6.28. The van der Waals surface area contributed by atoms with E-state index in [0.29, 0.717) is 50.2 Å². The number of rotatable bonds is 64. The molecule has 17 nitrogen and oxygen atoms in total. The van der Waals surface area contributed by atoms with E-state index in [2.05, 4.69) is 78.6 Å². The molecule has 0 aliphatic heterocycles. The number of nitrogens with two attached hydrogens (primary N) is 2. The molecule has 6 atom stereocenters. The number of thioether (sulfide) groups is 2. The largest absolute Gasteiger partial charge is 0.480 e. The van der Waals surface area contributed by atoms with Crippen molar-refractivity contribution in [2.24, 2.45) is 17.4 Å². The normalized spacial score (nSPS) is 13.9. The Labute approximate surface area is 560 Å². The molecule has 0 saturated carbocycles. The Balaban J connectivity index is 6.30. The highest BCUT2D eigenvalue weighted by Gasteiger charge is 2.35. The fourth-order valence-electron chi connectivity index (χ4n) is 11.1. The summed E-state index contributed by atoms with van der Waals surface area (Å²) in [5.41, 5.74) is 14.1. The molecule has 0 aliphatic carbocycles. The van der Waals surface area contributed by atoms with Crippen molar-refractivity contribution in [1.82, 2.24) is 26.6 Å². The van der Waals surface area contributed by atoms with Crippen LogP contribution in [0.25, 0.3) is 0 Å². The molecule has 0 saturated heterocycles. The van der Waals surface area contributed by atoms with Gasteiger partial charge in [0.25, 0.3) is 0 Å². The lowest BCUT2D eigenvalue weighted by Crippen LogP contribution is -2.59. The van der Waals surface area contributed by atoms with Crippen LogP contribution >= 0.6 is 23.5 Å². The van der Waals surface area contributed by atoms with Crippen molar-refractivity contribution in [3.8, 4) is 0 Å². The molecule has 11 N–H and O–H groups in total. The van der Waals surface area contributed by atoms with Gasteiger partial charge in [0.15, 0.2) is 0 Å². The minimum absolute atomic E-state index is 0.0180. The highest BCUT2D eigenvalue weighted by Crippen LogP contribution is 2.22. The molecule has 0 aromatic heterocycles. The number of unbranched alkanes of at least 4 members (excludes halogenated alkanes) is 25. The lowest BCUT2D eigenvalue weighted by atomic mass is 9.88. The Morgan fingerprint density at radius 2 is 0.923 bits per heavy atom. The van der Waals surface area contributed by atoms with Gasteiger partial charge in [-0.15, -0.1) is 0 Å². The zero-order valence-electron chi connectivity index (χ0n) is 57.9. The lowest BCUT2D eigenvalue weighted by molar-refractivity contribution is -0.142. The monoisotopic (exact) mass is 1320 g/mol. The van der Waals surface area contributed by atoms with E-state index in [4.69, 9.17) is 11.5 Å². The zero-order valence-corrected chi connectivity index (χ0v) is 59.6. The topological polar surface area (TPSA) is 289 Å². The summed E-state index contributed by atoms with van der Waals surface area (Å²) in [7, 11) is 0. The number of allylic oxidation sites excluding steroid dienone is 5. The molecule has 0 aromatic carbocycles. The maximum atomic E-state index is 14.5. The Morgan fingerprint density at radius 3 is 1.40 bits per heavy atom. The Bertz CT molecular complexity index is 2040. The van der Waals surface area contributed by atoms with Gasteiger partial charge in [0.05, 0.1) is 19.1 Å². The molecule has 0 aliphatic rings. The first kappa shape index (κ1) is 87.0. The summed E-state index contributed by atoms with van der Waals surface area (Å²) >= 11 is 2.79. The molecule has 19 heteroatoms. The lowest BCUT2D eigenvalue weighted by Gasteiger charge is -2.30. The van der Waals surface area contributed by atoms with Crippen LogP contribution in [0.4, 0.5) is 0 Å². The van der Waals surface area contributed by atoms with Gasteiger partial charge in [-0.1, -0.05) is 210 Å². The summed E-state index contributed by atoms with van der Waals surface area (Å²) in [6.07, 6.45) is 46.7. The molecule has 0 radical (unpaired) electrons. The van der Waals surface area contributed by atoms with Crippen LogP contribution < -0.4 is 38.1 Å². The Morgan fingerprint density at radius 1 is 0.473 bits per heavy atom. The van der Waals surface area contributed by atoms with Crippen LogP contribution in [-0.2, 0) is 38.4 Å². The average molecular weight is 1320 g/mol. The second-order valence-corrected chi connectivity index (χ2v) is 27.3. The van der Waals surface area contributed by atoms with E-state index in [1.807, 2.05) is 13.2 Å². The number of carbonyl (C=O) groups is 8. The van der Waals surface area contributed by atoms with E-state index in [9.17, 15) is 48.6 Å². The number of carboxylic acid groups (broad SMARTS) is 1. The first-order valence-electron chi connectivity index (χ1n) is 35.8. The van der Waals surface area contributed by atoms with Gasteiger partial charge in [-0.3, -0.25) is 33.6 Å². The summed E-state index contributed by atoms with van der Waals surface area (Å²) in [5, 5.41) is 34.7. The van der Waals surface area contributed by atoms with Crippen molar-refractivity contribution in [3.05, 3.63) is 35.5 Å². The zero-order chi connectivity index (χ0) is 67.5. The van der Waals surface area contributed by atoms with Crippen LogP contribution in [0.3, 0.4) is 0 Å². The third-order valence-corrected chi connectivity index (χ3v) is 18.6. The fraction of sp³-hybridized carbons (Fsp3) is 0.806. The highest BCUT2D eigenvalue weighted by molar-refractivity contribution is 7.99. The molecule has 0 aromatic rings. The number of aliphatic hydroxyl groups excluding tert-OH is 1. The first-order chi connectivity index (χ1) is 44.0. The van der Waals surface area contributed by atoms with Gasteiger partial charge in [0, 0.05) is 43.2 Å². The van der Waals surface area contributed by atoms with Crippen molar-refractivity contribution in [2.45, 2.75) is 322 Å². The number of hydrogen-bond acceptors (Lipinski definition) is 13. The third kappa shape index (κ3) is 49.2. The van der Waals surface area contributed by atoms with E-state index in [1.165, 1.54) is 150 Å². The van der Waals surface area contributed by atoms with Crippen LogP contribution in [0.5, 0.6) is 0 Å². The van der Waals surface area contributed by atoms with Crippen molar-refractivity contribution in [1.29, 1.82) is 0 Å². The molecule has 0 spiro atoms. The Hall–Kier alpha value is -4.04. The van der Waals surface area contributed by atoms with Crippen molar-refractivity contribution < 1.29 is 48.6 Å². The van der Waals surface area contributed by atoms with Gasteiger partial charge >= 0.3 is 5.97 Å². The van der Waals surface area contributed by atoms with E-state index >= 15 is 0 Å². The minimum Gasteiger partial charge on any atom is -0.480 e. The summed E-state index contributed by atoms with van der Waals surface area (Å²) in [4.78, 5) is 109. The molecular formula is C72H131N7O10S2. The second-order valence-electron chi connectivity index (χ2n) is 25.2. The Kier molecular flexibility index (Phi) is 58.2. The number of amides is 5. The van der Waals surface area contributed by atoms with Crippen LogP contribution in [0.2, 0.25) is 0 Å². The fourth-order valence-corrected chi connectivity index (χ4v) is 12.5. The van der Waals surface area contributed by atoms with Crippen molar-refractivity contribution in [3.63, 3.8) is 0 Å². The summed E-state index contributed by atoms with van der Waals surface area (Å²) < 4.78 is 0. The number of carboxylic acids is 1. The van der Waals surface area contributed by atoms with Gasteiger partial charge in [0.2, 0.25) is 29.5 Å². The molecule has 0 fully saturated rings. The highest BCUT2D eigenvalue weighted by atomic mass is 32.2. The number of nitrogens with one attached hydrogen (secondary N) is 5. The summed E-state index contributed by atoms with van der Waals surface area (Å²) in [5.74, 6) is -4.90. The van der Waals surface area contributed by atoms with Crippen molar-refractivity contribution >= 4 is 70.6 Å². The van der Waals surface area contributed by atoms with Crippen LogP contribution in [-0.4, -0.2) is 131 Å². The molecule has 526 valence electrons. The van der Waals surface area contributed by atoms with Gasteiger partial charge in [-0.2, -0.15) is 23.5 Å². The number of aliphatic carboxylic acids is 1. The molecule has 5 amide bonds. The molecule has 0 bridgehead atoms. The smallest absolute Gasteiger partial charge is 0.327 e. The van der Waals surface area contributed by atoms with E-state index < -0.39 is 84.8 Å². The number of hydrogen-bond donors (Lipinski definition) is 9. The maximum Gasteiger partial charge on any atom is 0.327 e. The van der Waals surface area contributed by atoms with Crippen LogP contribution in [0.1, 0.15) is 291 Å². The molecule has 0 rings (SSSR count). The van der Waals surface area contributed by atoms with Crippen molar-refractivity contribution in [2.75, 3.05) is 43.2 Å². The SMILES string of the molecule is C/C=C\CC/C(C)=C\CC/C(C)=C\CSC[C@H](NC(=O)[C@H](CCCCN)[C@H](CCC(=O)CCCCCCCCCCCCCCC)NC(=O)[C@H](CO)NC(=O)[C@H](CCSC)NC(=O)[C@H](CCC(=O)CCCCCCCCCCCCCCC)NC(=O)CN)C(=O)O. The first-order valence-corrected chi connectivity index (χ1v) is 38.3. The number of carbonyl (C=O) groups excluding carboxylic acids is 7. The standard InChI is InChI=1S/C72H131N7O10S2/c1-7-10-13-15-17-19-21-23-25-27-29-31-34-42-59(81)45-47-62(61(44-36-37-51-73)68(84)79-66(72(88)89)56-91-53-49-58(5)41-38-40-57(4)39-33-12-9-3)76-71(87)65(55-80)78-70(86)64(50-52-90-6)77-69(85)63(75-67(83)54-74)48-46-60(82)43-35-32-30-28-26-24-22-20-18-16-14-11-8-2/h9,12,40,49,61-66,80H,7-8,10-11,13-39,41-48,50-56,73-74H2,1-6H3,(H,75,83)(H,76,87)(H,77,85)(H,78,86)(H,79,84)(H,88,89)/b12-9-,57-40-,58-49-/t61-,62+,63+,64+,65+,66+/m1/s1. The molecule has 0 unspecified atom stereocenters. The second kappa shape index (κ2) is 60.9. The van der Waals surface area contributed by atoms with Gasteiger partial charge < -0.3 is 48.3 Å². The van der Waals surface area contributed by atoms with Gasteiger partial charge in [-0.05, 0) is 110 Å². The number of Topliss-reactive ketones (excluding diaryl/α,β-unsaturated/α-hetero) is 2. The van der Waals surface area contributed by atoms with E-state index in [0.717, 1.165) is 70.6 Å². The van der Waals surface area contributed by atoms with Crippen LogP contribution in [0.15, 0.2) is 35.5 Å². The molecule has 91 heavy (non-hydrogen) atoms. The average Bonchev–Trinajstić information content (AvgIpc) is 2.67. The number of ketones is 2. The predicted octanol–water partition coefficient (Wildman–Crippen LogP) is 13.4. The number of aliphatic hydroxyl groups is 1. The van der Waals surface area contributed by atoms with Crippen LogP contribution in [0, 0.1) is 5.92 Å². The van der Waals surface area contributed by atoms with Gasteiger partial charge in [0.1, 0.15) is 35.7 Å². The van der Waals surface area contributed by atoms with Gasteiger partial charge in [-0.25, -0.2) is 4.79 Å². The minimum atomic E-state index is -1.57. The van der Waals surface area contributed by atoms with E-state index in [-0.39, 0.29) is 55.8 Å². The third-order valence-electron chi connectivity index (χ3n) is 17.0. The summed E-state index contributed by atoms with van der Waals surface area (Å²) in [6.45, 7) is 9.71. The van der Waals surface area contributed by atoms with E-state index in [1.54, 1.807) is 0 Å². The molecule has 0 heterocycles. The quantitative estimate of drug-likeness (QED) is 0.0202.